The Kier molecular flexibility index (Phi) is 5.45. The maximum Gasteiger partial charge on any atom is 0.159 e. The highest BCUT2D eigenvalue weighted by molar-refractivity contribution is 6.15. The molecule has 0 saturated carbocycles. The molecule has 0 N–H and O–H groups in total. The Morgan fingerprint density at radius 2 is 1.69 bits per heavy atom. The van der Waals surface area contributed by atoms with Crippen molar-refractivity contribution in [3.63, 3.8) is 0 Å². The van der Waals surface area contributed by atoms with Gasteiger partial charge in [-0.05, 0) is 25.5 Å². The summed E-state index contributed by atoms with van der Waals surface area (Å²) in [6.07, 6.45) is 4.07. The standard InChI is InChI=1S/C13H20O2Si/c1-3-14-13(16,15-4-2)11-10-12-8-6-5-7-9-12/h5-11H,3-4H2,1-2,16H3. The Morgan fingerprint density at radius 3 is 2.19 bits per heavy atom. The van der Waals surface area contributed by atoms with Crippen molar-refractivity contribution in [3.05, 3.63) is 42.0 Å². The minimum Gasteiger partial charge on any atom is -0.351 e. The Morgan fingerprint density at radius 1 is 1.12 bits per heavy atom. The summed E-state index contributed by atoms with van der Waals surface area (Å²) >= 11 is 0. The predicted octanol–water partition coefficient (Wildman–Crippen LogP) is 1.79. The number of benzene rings is 1. The first-order valence-electron chi connectivity index (χ1n) is 5.72. The maximum absolute atomic E-state index is 5.64. The van der Waals surface area contributed by atoms with Gasteiger partial charge in [-0.3, -0.25) is 0 Å². The summed E-state index contributed by atoms with van der Waals surface area (Å²) in [5.74, 6) is 0. The van der Waals surface area contributed by atoms with Crippen LogP contribution in [0, 0.1) is 0 Å². The molecule has 1 rings (SSSR count). The number of hydrogen-bond acceptors (Lipinski definition) is 2. The maximum atomic E-state index is 5.64. The van der Waals surface area contributed by atoms with Crippen LogP contribution in [0.25, 0.3) is 6.08 Å². The van der Waals surface area contributed by atoms with Gasteiger partial charge >= 0.3 is 0 Å². The minimum atomic E-state index is -0.487. The van der Waals surface area contributed by atoms with Gasteiger partial charge in [0.2, 0.25) is 0 Å². The van der Waals surface area contributed by atoms with E-state index in [2.05, 4.69) is 18.2 Å². The molecule has 1 aromatic rings. The second kappa shape index (κ2) is 6.63. The van der Waals surface area contributed by atoms with Crippen molar-refractivity contribution in [1.29, 1.82) is 0 Å². The molecule has 0 heterocycles. The molecule has 0 amide bonds. The largest absolute Gasteiger partial charge is 0.351 e. The van der Waals surface area contributed by atoms with E-state index in [1.165, 1.54) is 5.56 Å². The van der Waals surface area contributed by atoms with Crippen LogP contribution < -0.4 is 0 Å². The smallest absolute Gasteiger partial charge is 0.159 e. The second-order valence-electron chi connectivity index (χ2n) is 3.63. The van der Waals surface area contributed by atoms with E-state index in [4.69, 9.17) is 9.47 Å². The van der Waals surface area contributed by atoms with Crippen molar-refractivity contribution >= 4 is 16.3 Å². The van der Waals surface area contributed by atoms with Crippen LogP contribution in [0.2, 0.25) is 0 Å². The molecule has 0 fully saturated rings. The summed E-state index contributed by atoms with van der Waals surface area (Å²) in [6.45, 7) is 5.31. The average molecular weight is 236 g/mol. The highest BCUT2D eigenvalue weighted by Gasteiger charge is 2.19. The van der Waals surface area contributed by atoms with Gasteiger partial charge in [-0.25, -0.2) is 0 Å². The molecule has 0 bridgehead atoms. The van der Waals surface area contributed by atoms with Crippen molar-refractivity contribution in [1.82, 2.24) is 0 Å². The molecule has 88 valence electrons. The summed E-state index contributed by atoms with van der Waals surface area (Å²) in [5, 5.41) is 0. The molecule has 0 saturated heterocycles. The third-order valence-electron chi connectivity index (χ3n) is 2.24. The lowest BCUT2D eigenvalue weighted by Crippen LogP contribution is -2.34. The van der Waals surface area contributed by atoms with E-state index in [0.717, 1.165) is 10.2 Å². The van der Waals surface area contributed by atoms with E-state index in [1.807, 2.05) is 38.1 Å². The van der Waals surface area contributed by atoms with Crippen molar-refractivity contribution in [3.8, 4) is 0 Å². The van der Waals surface area contributed by atoms with E-state index in [0.29, 0.717) is 13.2 Å². The first-order chi connectivity index (χ1) is 7.70. The van der Waals surface area contributed by atoms with Gasteiger partial charge in [-0.2, -0.15) is 0 Å². The fourth-order valence-electron chi connectivity index (χ4n) is 1.52. The third-order valence-corrected chi connectivity index (χ3v) is 3.15. The van der Waals surface area contributed by atoms with Gasteiger partial charge in [0, 0.05) is 13.2 Å². The number of rotatable bonds is 6. The fourth-order valence-corrected chi connectivity index (χ4v) is 2.27. The quantitative estimate of drug-likeness (QED) is 0.554. The lowest BCUT2D eigenvalue weighted by molar-refractivity contribution is -0.139. The zero-order chi connectivity index (χ0) is 11.9. The summed E-state index contributed by atoms with van der Waals surface area (Å²) in [5.41, 5.74) is 0.682. The van der Waals surface area contributed by atoms with Crippen LogP contribution in [0.4, 0.5) is 0 Å². The van der Waals surface area contributed by atoms with E-state index in [-0.39, 0.29) is 0 Å². The van der Waals surface area contributed by atoms with E-state index >= 15 is 0 Å². The fraction of sp³-hybridized carbons (Fsp3) is 0.385. The SMILES string of the molecule is CCOC([SiH3])(C=Cc1ccccc1)OCC. The highest BCUT2D eigenvalue weighted by atomic mass is 28.1. The lowest BCUT2D eigenvalue weighted by atomic mass is 10.2. The van der Waals surface area contributed by atoms with Gasteiger partial charge in [-0.1, -0.05) is 36.4 Å². The van der Waals surface area contributed by atoms with Crippen molar-refractivity contribution < 1.29 is 9.47 Å². The number of ether oxygens (including phenoxy) is 2. The topological polar surface area (TPSA) is 18.5 Å². The van der Waals surface area contributed by atoms with Crippen molar-refractivity contribution in [2.45, 2.75) is 19.3 Å². The Labute approximate surface area is 101 Å². The zero-order valence-corrected chi connectivity index (χ0v) is 12.3. The Balaban J connectivity index is 2.71. The van der Waals surface area contributed by atoms with Crippen molar-refractivity contribution in [2.24, 2.45) is 0 Å². The molecule has 0 aliphatic rings. The van der Waals surface area contributed by atoms with E-state index in [9.17, 15) is 0 Å². The molecule has 0 spiro atoms. The van der Waals surface area contributed by atoms with Gasteiger partial charge < -0.3 is 9.47 Å². The first-order valence-corrected chi connectivity index (χ1v) is 6.72. The summed E-state index contributed by atoms with van der Waals surface area (Å²) in [4.78, 5) is 0. The van der Waals surface area contributed by atoms with Gasteiger partial charge in [0.05, 0.1) is 10.2 Å². The van der Waals surface area contributed by atoms with Crippen molar-refractivity contribution in [2.75, 3.05) is 13.2 Å². The van der Waals surface area contributed by atoms with Crippen LogP contribution >= 0.6 is 0 Å². The zero-order valence-electron chi connectivity index (χ0n) is 10.3. The highest BCUT2D eigenvalue weighted by Crippen LogP contribution is 2.13. The number of hydrogen-bond donors (Lipinski definition) is 0. The summed E-state index contributed by atoms with van der Waals surface area (Å²) in [7, 11) is 0.817. The van der Waals surface area contributed by atoms with Gasteiger partial charge in [0.15, 0.2) is 5.41 Å². The molecular weight excluding hydrogens is 216 g/mol. The molecule has 16 heavy (non-hydrogen) atoms. The molecule has 0 aromatic heterocycles. The minimum absolute atomic E-state index is 0.487. The molecule has 0 radical (unpaired) electrons. The van der Waals surface area contributed by atoms with Crippen LogP contribution in [0.1, 0.15) is 19.4 Å². The Hall–Kier alpha value is -0.903. The predicted molar refractivity (Wildman–Crippen MR) is 71.4 cm³/mol. The van der Waals surface area contributed by atoms with Crippen LogP contribution in [-0.2, 0) is 9.47 Å². The normalized spacial score (nSPS) is 12.4. The second-order valence-corrected chi connectivity index (χ2v) is 5.02. The molecule has 0 unspecified atom stereocenters. The molecular formula is C13H20O2Si. The van der Waals surface area contributed by atoms with E-state index in [1.54, 1.807) is 0 Å². The first kappa shape index (κ1) is 13.2. The van der Waals surface area contributed by atoms with Crippen LogP contribution in [0.5, 0.6) is 0 Å². The van der Waals surface area contributed by atoms with Crippen LogP contribution in [0.15, 0.2) is 36.4 Å². The molecule has 2 nitrogen and oxygen atoms in total. The monoisotopic (exact) mass is 236 g/mol. The molecule has 0 atom stereocenters. The van der Waals surface area contributed by atoms with Gasteiger partial charge in [0.1, 0.15) is 0 Å². The third kappa shape index (κ3) is 4.31. The lowest BCUT2D eigenvalue weighted by Gasteiger charge is -2.26. The van der Waals surface area contributed by atoms with Gasteiger partial charge in [0.25, 0.3) is 0 Å². The molecule has 3 heteroatoms. The summed E-state index contributed by atoms with van der Waals surface area (Å²) in [6, 6.07) is 10.2. The summed E-state index contributed by atoms with van der Waals surface area (Å²) < 4.78 is 11.3. The average Bonchev–Trinajstić information content (AvgIpc) is 2.29. The van der Waals surface area contributed by atoms with Crippen LogP contribution in [0.3, 0.4) is 0 Å². The van der Waals surface area contributed by atoms with E-state index < -0.39 is 5.41 Å². The van der Waals surface area contributed by atoms with Gasteiger partial charge in [-0.15, -0.1) is 0 Å². The molecule has 1 aromatic carbocycles. The van der Waals surface area contributed by atoms with Crippen LogP contribution in [-0.4, -0.2) is 28.9 Å². The Bertz CT molecular complexity index is 316. The molecule has 0 aliphatic carbocycles. The molecule has 0 aliphatic heterocycles.